The molecule has 1 aromatic rings. The summed E-state index contributed by atoms with van der Waals surface area (Å²) in [6.07, 6.45) is 0.661. The molecule has 0 amide bonds. The molecule has 0 spiro atoms. The predicted molar refractivity (Wildman–Crippen MR) is 69.6 cm³/mol. The fourth-order valence-electron chi connectivity index (χ4n) is 1.22. The lowest BCUT2D eigenvalue weighted by molar-refractivity contribution is 0.564. The van der Waals surface area contributed by atoms with E-state index in [0.29, 0.717) is 6.42 Å². The van der Waals surface area contributed by atoms with Crippen LogP contribution in [0.5, 0.6) is 0 Å². The lowest BCUT2D eigenvalue weighted by Crippen LogP contribution is -2.36. The van der Waals surface area contributed by atoms with Gasteiger partial charge in [0.1, 0.15) is 4.90 Å². The topological polar surface area (TPSA) is 96.0 Å². The van der Waals surface area contributed by atoms with Gasteiger partial charge in [-0.1, -0.05) is 18.5 Å². The zero-order chi connectivity index (χ0) is 13.8. The van der Waals surface area contributed by atoms with Gasteiger partial charge in [-0.2, -0.15) is 5.26 Å². The Morgan fingerprint density at radius 1 is 1.56 bits per heavy atom. The summed E-state index contributed by atoms with van der Waals surface area (Å²) in [5, 5.41) is 8.82. The van der Waals surface area contributed by atoms with Crippen LogP contribution in [0.25, 0.3) is 0 Å². The molecular formula is C11H14ClN3O2S. The van der Waals surface area contributed by atoms with E-state index in [1.165, 1.54) is 18.2 Å². The molecule has 98 valence electrons. The highest BCUT2D eigenvalue weighted by Crippen LogP contribution is 2.22. The Hall–Kier alpha value is -1.13. The van der Waals surface area contributed by atoms with E-state index in [0.717, 1.165) is 0 Å². The standard InChI is InChI=1S/C11H14ClN3O2S/c1-2-9(14)7-15-18(16,17)11-5-8(6-13)3-4-10(11)12/h3-5,9,15H,2,7,14H2,1H3. The van der Waals surface area contributed by atoms with Crippen molar-refractivity contribution in [1.29, 1.82) is 5.26 Å². The highest BCUT2D eigenvalue weighted by atomic mass is 35.5. The second-order valence-corrected chi connectivity index (χ2v) is 5.92. The molecule has 0 aliphatic rings. The van der Waals surface area contributed by atoms with Crippen molar-refractivity contribution < 1.29 is 8.42 Å². The first kappa shape index (κ1) is 14.9. The maximum atomic E-state index is 12.0. The molecule has 0 saturated heterocycles. The molecule has 3 N–H and O–H groups in total. The first-order chi connectivity index (χ1) is 8.40. The van der Waals surface area contributed by atoms with Crippen LogP contribution in [0.4, 0.5) is 0 Å². The van der Waals surface area contributed by atoms with Crippen molar-refractivity contribution in [1.82, 2.24) is 4.72 Å². The zero-order valence-corrected chi connectivity index (χ0v) is 11.4. The van der Waals surface area contributed by atoms with Crippen LogP contribution in [0.3, 0.4) is 0 Å². The summed E-state index contributed by atoms with van der Waals surface area (Å²) in [6, 6.07) is 5.69. The molecule has 0 heterocycles. The molecular weight excluding hydrogens is 274 g/mol. The summed E-state index contributed by atoms with van der Waals surface area (Å²) in [4.78, 5) is -0.105. The van der Waals surface area contributed by atoms with E-state index >= 15 is 0 Å². The van der Waals surface area contributed by atoms with Gasteiger partial charge in [0.25, 0.3) is 0 Å². The predicted octanol–water partition coefficient (Wildman–Crippen LogP) is 1.23. The van der Waals surface area contributed by atoms with Crippen LogP contribution in [0.1, 0.15) is 18.9 Å². The van der Waals surface area contributed by atoms with Gasteiger partial charge in [0.05, 0.1) is 16.7 Å². The molecule has 1 aromatic carbocycles. The summed E-state index contributed by atoms with van der Waals surface area (Å²) < 4.78 is 26.3. The van der Waals surface area contributed by atoms with Crippen LogP contribution in [0.2, 0.25) is 5.02 Å². The molecule has 18 heavy (non-hydrogen) atoms. The summed E-state index contributed by atoms with van der Waals surface area (Å²) >= 11 is 5.83. The molecule has 5 nitrogen and oxygen atoms in total. The van der Waals surface area contributed by atoms with Crippen LogP contribution in [0.15, 0.2) is 23.1 Å². The summed E-state index contributed by atoms with van der Waals surface area (Å²) in [5.74, 6) is 0. The smallest absolute Gasteiger partial charge is 0.242 e. The second kappa shape index (κ2) is 6.16. The first-order valence-electron chi connectivity index (χ1n) is 5.35. The molecule has 7 heteroatoms. The fraction of sp³-hybridized carbons (Fsp3) is 0.364. The number of hydrogen-bond acceptors (Lipinski definition) is 4. The fourth-order valence-corrected chi connectivity index (χ4v) is 2.84. The van der Waals surface area contributed by atoms with Gasteiger partial charge >= 0.3 is 0 Å². The van der Waals surface area contributed by atoms with Gasteiger partial charge in [-0.25, -0.2) is 13.1 Å². The molecule has 0 aliphatic carbocycles. The minimum absolute atomic E-state index is 0.0755. The summed E-state index contributed by atoms with van der Waals surface area (Å²) in [7, 11) is -3.74. The van der Waals surface area contributed by atoms with Crippen molar-refractivity contribution >= 4 is 21.6 Å². The maximum absolute atomic E-state index is 12.0. The van der Waals surface area contributed by atoms with Crippen LogP contribution in [-0.4, -0.2) is 21.0 Å². The van der Waals surface area contributed by atoms with Crippen molar-refractivity contribution in [2.45, 2.75) is 24.3 Å². The average molecular weight is 288 g/mol. The number of nitriles is 1. The molecule has 0 fully saturated rings. The lowest BCUT2D eigenvalue weighted by atomic mass is 10.2. The third-order valence-electron chi connectivity index (χ3n) is 2.41. The highest BCUT2D eigenvalue weighted by molar-refractivity contribution is 7.89. The lowest BCUT2D eigenvalue weighted by Gasteiger charge is -2.12. The van der Waals surface area contributed by atoms with Crippen LogP contribution < -0.4 is 10.5 Å². The van der Waals surface area contributed by atoms with Gasteiger partial charge in [-0.05, 0) is 24.6 Å². The monoisotopic (exact) mass is 287 g/mol. The number of benzene rings is 1. The van der Waals surface area contributed by atoms with E-state index in [1.54, 1.807) is 0 Å². The number of sulfonamides is 1. The molecule has 0 radical (unpaired) electrons. The third-order valence-corrected chi connectivity index (χ3v) is 4.31. The Kier molecular flexibility index (Phi) is 5.11. The Morgan fingerprint density at radius 2 is 2.22 bits per heavy atom. The minimum Gasteiger partial charge on any atom is -0.327 e. The minimum atomic E-state index is -3.74. The third kappa shape index (κ3) is 3.68. The maximum Gasteiger partial charge on any atom is 0.242 e. The molecule has 0 aliphatic heterocycles. The summed E-state index contributed by atoms with van der Waals surface area (Å²) in [6.45, 7) is 1.99. The van der Waals surface area contributed by atoms with Gasteiger partial charge in [-0.15, -0.1) is 0 Å². The van der Waals surface area contributed by atoms with E-state index in [4.69, 9.17) is 22.6 Å². The van der Waals surface area contributed by atoms with E-state index in [9.17, 15) is 8.42 Å². The van der Waals surface area contributed by atoms with Crippen molar-refractivity contribution in [2.75, 3.05) is 6.54 Å². The number of halogens is 1. The molecule has 1 unspecified atom stereocenters. The van der Waals surface area contributed by atoms with Crippen molar-refractivity contribution in [3.8, 4) is 6.07 Å². The van der Waals surface area contributed by atoms with E-state index in [1.807, 2.05) is 13.0 Å². The van der Waals surface area contributed by atoms with Crippen molar-refractivity contribution in [3.05, 3.63) is 28.8 Å². The van der Waals surface area contributed by atoms with E-state index in [2.05, 4.69) is 4.72 Å². The SMILES string of the molecule is CCC(N)CNS(=O)(=O)c1cc(C#N)ccc1Cl. The number of nitrogens with two attached hydrogens (primary N) is 1. The van der Waals surface area contributed by atoms with Crippen LogP contribution in [-0.2, 0) is 10.0 Å². The number of nitrogens with zero attached hydrogens (tertiary/aromatic N) is 1. The number of rotatable bonds is 5. The van der Waals surface area contributed by atoms with E-state index in [-0.39, 0.29) is 28.1 Å². The molecule has 1 atom stereocenters. The zero-order valence-electron chi connectivity index (χ0n) is 9.85. The summed E-state index contributed by atoms with van der Waals surface area (Å²) in [5.41, 5.74) is 5.88. The number of hydrogen-bond donors (Lipinski definition) is 2. The first-order valence-corrected chi connectivity index (χ1v) is 7.21. The Morgan fingerprint density at radius 3 is 2.78 bits per heavy atom. The van der Waals surface area contributed by atoms with Crippen molar-refractivity contribution in [3.63, 3.8) is 0 Å². The molecule has 0 aromatic heterocycles. The van der Waals surface area contributed by atoms with Gasteiger partial charge in [-0.3, -0.25) is 0 Å². The van der Waals surface area contributed by atoms with Crippen molar-refractivity contribution in [2.24, 2.45) is 5.73 Å². The average Bonchev–Trinajstić information content (AvgIpc) is 2.36. The van der Waals surface area contributed by atoms with E-state index < -0.39 is 10.0 Å². The van der Waals surface area contributed by atoms with Gasteiger partial charge < -0.3 is 5.73 Å². The van der Waals surface area contributed by atoms with Gasteiger partial charge in [0.15, 0.2) is 0 Å². The van der Waals surface area contributed by atoms with Gasteiger partial charge in [0.2, 0.25) is 10.0 Å². The normalized spacial score (nSPS) is 13.0. The molecule has 0 saturated carbocycles. The Bertz CT molecular complexity index is 566. The highest BCUT2D eigenvalue weighted by Gasteiger charge is 2.19. The molecule has 1 rings (SSSR count). The van der Waals surface area contributed by atoms with Gasteiger partial charge in [0, 0.05) is 12.6 Å². The van der Waals surface area contributed by atoms with Crippen LogP contribution in [0, 0.1) is 11.3 Å². The Balaban J connectivity index is 3.02. The second-order valence-electron chi connectivity index (χ2n) is 3.78. The Labute approximate surface area is 112 Å². The largest absolute Gasteiger partial charge is 0.327 e. The molecule has 0 bridgehead atoms. The van der Waals surface area contributed by atoms with Crippen LogP contribution >= 0.6 is 11.6 Å². The quantitative estimate of drug-likeness (QED) is 0.851. The number of nitrogens with one attached hydrogen (secondary N) is 1.